The van der Waals surface area contributed by atoms with Crippen molar-refractivity contribution in [3.63, 3.8) is 0 Å². The maximum absolute atomic E-state index is 13.8. The normalized spacial score (nSPS) is 27.3. The number of carbonyl (C=O) groups is 3. The highest BCUT2D eigenvalue weighted by atomic mass is 16.2. The van der Waals surface area contributed by atoms with Crippen molar-refractivity contribution in [2.45, 2.75) is 75.9 Å². The van der Waals surface area contributed by atoms with E-state index in [2.05, 4.69) is 5.32 Å². The summed E-state index contributed by atoms with van der Waals surface area (Å²) in [7, 11) is 0. The minimum atomic E-state index is -0.472. The Bertz CT molecular complexity index is 857. The summed E-state index contributed by atoms with van der Waals surface area (Å²) < 4.78 is 0. The third-order valence-electron chi connectivity index (χ3n) is 7.30. The average molecular weight is 396 g/mol. The zero-order valence-electron chi connectivity index (χ0n) is 17.0. The SMILES string of the molecule is CC(=O)N1c2ccccc2CC1C(=O)N1CC(NC(=O)C2CC2)CC12CCCC2. The highest BCUT2D eigenvalue weighted by Gasteiger charge is 2.52. The lowest BCUT2D eigenvalue weighted by Crippen LogP contribution is -2.54. The molecule has 1 aromatic rings. The lowest BCUT2D eigenvalue weighted by molar-refractivity contribution is -0.138. The molecule has 6 nitrogen and oxygen atoms in total. The van der Waals surface area contributed by atoms with Crippen LogP contribution in [-0.4, -0.2) is 46.8 Å². The Labute approximate surface area is 171 Å². The van der Waals surface area contributed by atoms with Crippen LogP contribution in [0.25, 0.3) is 0 Å². The van der Waals surface area contributed by atoms with Crippen LogP contribution < -0.4 is 10.2 Å². The molecule has 1 aromatic carbocycles. The number of anilines is 1. The second-order valence-electron chi connectivity index (χ2n) is 9.30. The Balaban J connectivity index is 1.40. The number of benzene rings is 1. The predicted molar refractivity (Wildman–Crippen MR) is 109 cm³/mol. The van der Waals surface area contributed by atoms with E-state index in [-0.39, 0.29) is 35.2 Å². The lowest BCUT2D eigenvalue weighted by Gasteiger charge is -2.38. The van der Waals surface area contributed by atoms with E-state index in [1.165, 1.54) is 6.92 Å². The molecular formula is C23H29N3O3. The van der Waals surface area contributed by atoms with E-state index in [0.29, 0.717) is 13.0 Å². The molecule has 1 spiro atoms. The van der Waals surface area contributed by atoms with Gasteiger partial charge >= 0.3 is 0 Å². The zero-order chi connectivity index (χ0) is 20.2. The van der Waals surface area contributed by atoms with Crippen LogP contribution in [-0.2, 0) is 20.8 Å². The first kappa shape index (κ1) is 18.6. The van der Waals surface area contributed by atoms with Crippen LogP contribution in [0.4, 0.5) is 5.69 Å². The first-order valence-corrected chi connectivity index (χ1v) is 11.0. The van der Waals surface area contributed by atoms with E-state index in [1.807, 2.05) is 29.2 Å². The number of nitrogens with zero attached hydrogens (tertiary/aromatic N) is 2. The summed E-state index contributed by atoms with van der Waals surface area (Å²) in [6.45, 7) is 2.10. The standard InChI is InChI=1S/C23H29N3O3/c1-15(27)26-19-7-3-2-6-17(19)12-20(26)22(29)25-14-18(24-21(28)16-8-9-16)13-23(25)10-4-5-11-23/h2-3,6-7,16,18,20H,4-5,8-14H2,1H3,(H,24,28). The van der Waals surface area contributed by atoms with Gasteiger partial charge in [0.05, 0.1) is 0 Å². The van der Waals surface area contributed by atoms with Crippen LogP contribution in [0.5, 0.6) is 0 Å². The smallest absolute Gasteiger partial charge is 0.246 e. The van der Waals surface area contributed by atoms with Crippen molar-refractivity contribution in [2.24, 2.45) is 5.92 Å². The molecule has 154 valence electrons. The Morgan fingerprint density at radius 1 is 1.10 bits per heavy atom. The lowest BCUT2D eigenvalue weighted by atomic mass is 9.92. The van der Waals surface area contributed by atoms with Gasteiger partial charge in [0.15, 0.2) is 0 Å². The number of rotatable bonds is 3. The molecule has 0 aromatic heterocycles. The van der Waals surface area contributed by atoms with Crippen LogP contribution >= 0.6 is 0 Å². The van der Waals surface area contributed by atoms with Crippen molar-refractivity contribution >= 4 is 23.4 Å². The van der Waals surface area contributed by atoms with Gasteiger partial charge in [-0.2, -0.15) is 0 Å². The van der Waals surface area contributed by atoms with Gasteiger partial charge in [0.25, 0.3) is 0 Å². The maximum atomic E-state index is 13.8. The van der Waals surface area contributed by atoms with Gasteiger partial charge in [0.1, 0.15) is 6.04 Å². The summed E-state index contributed by atoms with van der Waals surface area (Å²) in [5.41, 5.74) is 1.76. The molecule has 0 radical (unpaired) electrons. The fourth-order valence-electron chi connectivity index (χ4n) is 5.79. The van der Waals surface area contributed by atoms with Crippen molar-refractivity contribution < 1.29 is 14.4 Å². The van der Waals surface area contributed by atoms with Gasteiger partial charge in [-0.25, -0.2) is 0 Å². The second-order valence-corrected chi connectivity index (χ2v) is 9.30. The van der Waals surface area contributed by atoms with Crippen molar-refractivity contribution in [1.29, 1.82) is 0 Å². The maximum Gasteiger partial charge on any atom is 0.246 e. The van der Waals surface area contributed by atoms with Crippen molar-refractivity contribution in [3.05, 3.63) is 29.8 Å². The van der Waals surface area contributed by atoms with Gasteiger partial charge in [-0.15, -0.1) is 0 Å². The molecule has 0 bridgehead atoms. The van der Waals surface area contributed by atoms with E-state index in [4.69, 9.17) is 0 Å². The molecule has 5 rings (SSSR count). The molecule has 1 N–H and O–H groups in total. The number of likely N-dealkylation sites (tertiary alicyclic amines) is 1. The number of para-hydroxylation sites is 1. The Hall–Kier alpha value is -2.37. The summed E-state index contributed by atoms with van der Waals surface area (Å²) in [5.74, 6) is 0.279. The second kappa shape index (κ2) is 6.85. The molecule has 29 heavy (non-hydrogen) atoms. The number of amides is 3. The predicted octanol–water partition coefficient (Wildman–Crippen LogP) is 2.40. The van der Waals surface area contributed by atoms with Crippen LogP contribution in [0.3, 0.4) is 0 Å². The summed E-state index contributed by atoms with van der Waals surface area (Å²) in [6, 6.07) is 7.37. The van der Waals surface area contributed by atoms with Crippen molar-refractivity contribution in [1.82, 2.24) is 10.2 Å². The van der Waals surface area contributed by atoms with E-state index in [1.54, 1.807) is 4.90 Å². The third kappa shape index (κ3) is 3.13. The Morgan fingerprint density at radius 3 is 2.52 bits per heavy atom. The van der Waals surface area contributed by atoms with E-state index in [9.17, 15) is 14.4 Å². The molecule has 3 fully saturated rings. The topological polar surface area (TPSA) is 69.7 Å². The molecule has 2 saturated carbocycles. The molecule has 4 aliphatic rings. The number of hydrogen-bond acceptors (Lipinski definition) is 3. The highest BCUT2D eigenvalue weighted by molar-refractivity contribution is 6.02. The number of hydrogen-bond donors (Lipinski definition) is 1. The summed E-state index contributed by atoms with van der Waals surface area (Å²) in [4.78, 5) is 42.3. The van der Waals surface area contributed by atoms with Crippen LogP contribution in [0.15, 0.2) is 24.3 Å². The molecule has 2 aliphatic heterocycles. The molecule has 2 unspecified atom stereocenters. The van der Waals surface area contributed by atoms with Crippen LogP contribution in [0.2, 0.25) is 0 Å². The largest absolute Gasteiger partial charge is 0.351 e. The number of fused-ring (bicyclic) bond motifs is 1. The van der Waals surface area contributed by atoms with Gasteiger partial charge < -0.3 is 10.2 Å². The van der Waals surface area contributed by atoms with Gasteiger partial charge in [-0.1, -0.05) is 31.0 Å². The summed E-state index contributed by atoms with van der Waals surface area (Å²) in [6.07, 6.45) is 7.61. The number of carbonyl (C=O) groups excluding carboxylic acids is 3. The average Bonchev–Trinajstić information content (AvgIpc) is 3.18. The molecule has 1 saturated heterocycles. The third-order valence-corrected chi connectivity index (χ3v) is 7.30. The fraction of sp³-hybridized carbons (Fsp3) is 0.609. The van der Waals surface area contributed by atoms with E-state index < -0.39 is 6.04 Å². The zero-order valence-corrected chi connectivity index (χ0v) is 17.0. The van der Waals surface area contributed by atoms with E-state index in [0.717, 1.165) is 56.2 Å². The monoisotopic (exact) mass is 395 g/mol. The number of nitrogens with one attached hydrogen (secondary N) is 1. The molecular weight excluding hydrogens is 366 g/mol. The van der Waals surface area contributed by atoms with Gasteiger partial charge in [0, 0.05) is 43.1 Å². The minimum Gasteiger partial charge on any atom is -0.351 e. The van der Waals surface area contributed by atoms with Gasteiger partial charge in [-0.3, -0.25) is 19.3 Å². The molecule has 6 heteroatoms. The fourth-order valence-corrected chi connectivity index (χ4v) is 5.79. The van der Waals surface area contributed by atoms with E-state index >= 15 is 0 Å². The minimum absolute atomic E-state index is 0.0275. The first-order chi connectivity index (χ1) is 14.0. The molecule has 3 amide bonds. The highest BCUT2D eigenvalue weighted by Crippen LogP contribution is 2.45. The van der Waals surface area contributed by atoms with Crippen LogP contribution in [0, 0.1) is 5.92 Å². The van der Waals surface area contributed by atoms with Gasteiger partial charge in [-0.05, 0) is 43.7 Å². The molecule has 2 heterocycles. The quantitative estimate of drug-likeness (QED) is 0.854. The summed E-state index contributed by atoms with van der Waals surface area (Å²) in [5, 5.41) is 3.21. The Kier molecular flexibility index (Phi) is 4.41. The molecule has 2 aliphatic carbocycles. The van der Waals surface area contributed by atoms with Gasteiger partial charge in [0.2, 0.25) is 17.7 Å². The molecule has 2 atom stereocenters. The first-order valence-electron chi connectivity index (χ1n) is 11.0. The van der Waals surface area contributed by atoms with Crippen LogP contribution in [0.1, 0.15) is 57.4 Å². The summed E-state index contributed by atoms with van der Waals surface area (Å²) >= 11 is 0. The van der Waals surface area contributed by atoms with Crippen molar-refractivity contribution in [2.75, 3.05) is 11.4 Å². The Morgan fingerprint density at radius 2 is 1.83 bits per heavy atom. The van der Waals surface area contributed by atoms with Crippen molar-refractivity contribution in [3.8, 4) is 0 Å².